The SMILES string of the molecule is Cc1csc(C(=O)O)c1Cc1ccc(Cl)cc1. The van der Waals surface area contributed by atoms with Gasteiger partial charge in [0.1, 0.15) is 4.88 Å². The number of rotatable bonds is 3. The fourth-order valence-corrected chi connectivity index (χ4v) is 2.71. The molecule has 0 aliphatic heterocycles. The Morgan fingerprint density at radius 1 is 1.35 bits per heavy atom. The van der Waals surface area contributed by atoms with E-state index in [1.54, 1.807) is 0 Å². The summed E-state index contributed by atoms with van der Waals surface area (Å²) in [5.74, 6) is -0.855. The van der Waals surface area contributed by atoms with Gasteiger partial charge in [0.25, 0.3) is 0 Å². The summed E-state index contributed by atoms with van der Waals surface area (Å²) in [7, 11) is 0. The summed E-state index contributed by atoms with van der Waals surface area (Å²) in [6, 6.07) is 7.48. The molecule has 0 saturated carbocycles. The lowest BCUT2D eigenvalue weighted by Gasteiger charge is -2.03. The first-order valence-corrected chi connectivity index (χ1v) is 6.38. The average Bonchev–Trinajstić information content (AvgIpc) is 2.64. The molecular formula is C13H11ClO2S. The van der Waals surface area contributed by atoms with E-state index in [1.165, 1.54) is 11.3 Å². The first-order chi connectivity index (χ1) is 8.08. The van der Waals surface area contributed by atoms with Crippen molar-refractivity contribution in [1.82, 2.24) is 0 Å². The minimum atomic E-state index is -0.855. The predicted octanol–water partition coefficient (Wildman–Crippen LogP) is 4.00. The van der Waals surface area contributed by atoms with E-state index in [0.29, 0.717) is 16.3 Å². The topological polar surface area (TPSA) is 37.3 Å². The molecule has 1 aromatic carbocycles. The third kappa shape index (κ3) is 2.68. The van der Waals surface area contributed by atoms with Crippen molar-refractivity contribution in [2.45, 2.75) is 13.3 Å². The van der Waals surface area contributed by atoms with Crippen molar-refractivity contribution in [2.75, 3.05) is 0 Å². The van der Waals surface area contributed by atoms with E-state index in [4.69, 9.17) is 16.7 Å². The summed E-state index contributed by atoms with van der Waals surface area (Å²) in [5, 5.41) is 11.7. The number of aromatic carboxylic acids is 1. The van der Waals surface area contributed by atoms with Crippen LogP contribution in [-0.2, 0) is 6.42 Å². The summed E-state index contributed by atoms with van der Waals surface area (Å²) in [5.41, 5.74) is 2.99. The van der Waals surface area contributed by atoms with Crippen LogP contribution in [0.15, 0.2) is 29.6 Å². The first-order valence-electron chi connectivity index (χ1n) is 5.12. The van der Waals surface area contributed by atoms with Crippen molar-refractivity contribution in [3.8, 4) is 0 Å². The van der Waals surface area contributed by atoms with Crippen LogP contribution in [0.1, 0.15) is 26.4 Å². The van der Waals surface area contributed by atoms with Crippen molar-refractivity contribution in [3.05, 3.63) is 56.2 Å². The van der Waals surface area contributed by atoms with E-state index in [-0.39, 0.29) is 0 Å². The molecule has 0 aliphatic carbocycles. The minimum Gasteiger partial charge on any atom is -0.477 e. The Morgan fingerprint density at radius 2 is 2.00 bits per heavy atom. The highest BCUT2D eigenvalue weighted by atomic mass is 35.5. The fraction of sp³-hybridized carbons (Fsp3) is 0.154. The molecule has 0 atom stereocenters. The van der Waals surface area contributed by atoms with Gasteiger partial charge in [0.05, 0.1) is 0 Å². The van der Waals surface area contributed by atoms with Gasteiger partial charge < -0.3 is 5.11 Å². The maximum atomic E-state index is 11.1. The van der Waals surface area contributed by atoms with E-state index < -0.39 is 5.97 Å². The number of thiophene rings is 1. The predicted molar refractivity (Wildman–Crippen MR) is 70.3 cm³/mol. The van der Waals surface area contributed by atoms with Gasteiger partial charge >= 0.3 is 5.97 Å². The largest absolute Gasteiger partial charge is 0.477 e. The second-order valence-corrected chi connectivity index (χ2v) is 5.15. The zero-order valence-corrected chi connectivity index (χ0v) is 10.8. The molecule has 2 aromatic rings. The van der Waals surface area contributed by atoms with Crippen LogP contribution in [0.4, 0.5) is 0 Å². The smallest absolute Gasteiger partial charge is 0.346 e. The van der Waals surface area contributed by atoms with Crippen molar-refractivity contribution in [3.63, 3.8) is 0 Å². The molecule has 0 amide bonds. The van der Waals surface area contributed by atoms with Crippen LogP contribution >= 0.6 is 22.9 Å². The number of carboxylic acid groups (broad SMARTS) is 1. The molecule has 0 aliphatic rings. The van der Waals surface area contributed by atoms with E-state index in [1.807, 2.05) is 36.6 Å². The van der Waals surface area contributed by atoms with Crippen LogP contribution in [-0.4, -0.2) is 11.1 Å². The third-order valence-corrected chi connectivity index (χ3v) is 3.97. The molecule has 1 N–H and O–H groups in total. The van der Waals surface area contributed by atoms with Gasteiger partial charge in [-0.05, 0) is 47.5 Å². The highest BCUT2D eigenvalue weighted by molar-refractivity contribution is 7.12. The number of carbonyl (C=O) groups is 1. The van der Waals surface area contributed by atoms with Gasteiger partial charge in [-0.15, -0.1) is 11.3 Å². The molecule has 88 valence electrons. The monoisotopic (exact) mass is 266 g/mol. The molecule has 4 heteroatoms. The van der Waals surface area contributed by atoms with Crippen LogP contribution in [0.3, 0.4) is 0 Å². The van der Waals surface area contributed by atoms with Gasteiger partial charge in [0.15, 0.2) is 0 Å². The molecule has 0 radical (unpaired) electrons. The maximum Gasteiger partial charge on any atom is 0.346 e. The fourth-order valence-electron chi connectivity index (χ4n) is 1.67. The van der Waals surface area contributed by atoms with E-state index in [9.17, 15) is 4.79 Å². The molecule has 0 saturated heterocycles. The van der Waals surface area contributed by atoms with Gasteiger partial charge in [0.2, 0.25) is 0 Å². The molecule has 0 unspecified atom stereocenters. The molecule has 0 spiro atoms. The Morgan fingerprint density at radius 3 is 2.59 bits per heavy atom. The molecule has 1 aromatic heterocycles. The maximum absolute atomic E-state index is 11.1. The van der Waals surface area contributed by atoms with Crippen molar-refractivity contribution in [2.24, 2.45) is 0 Å². The third-order valence-electron chi connectivity index (χ3n) is 2.59. The summed E-state index contributed by atoms with van der Waals surface area (Å²) in [6.07, 6.45) is 0.633. The summed E-state index contributed by atoms with van der Waals surface area (Å²) in [4.78, 5) is 11.5. The Labute approximate surface area is 108 Å². The number of benzene rings is 1. The summed E-state index contributed by atoms with van der Waals surface area (Å²) >= 11 is 7.10. The van der Waals surface area contributed by atoms with Gasteiger partial charge in [-0.1, -0.05) is 23.7 Å². The first kappa shape index (κ1) is 12.1. The lowest BCUT2D eigenvalue weighted by atomic mass is 10.0. The Bertz CT molecular complexity index is 543. The van der Waals surface area contributed by atoms with Crippen LogP contribution in [0.5, 0.6) is 0 Å². The number of carboxylic acids is 1. The molecule has 1 heterocycles. The van der Waals surface area contributed by atoms with E-state index in [0.717, 1.165) is 16.7 Å². The summed E-state index contributed by atoms with van der Waals surface area (Å²) < 4.78 is 0. The van der Waals surface area contributed by atoms with Crippen molar-refractivity contribution >= 4 is 28.9 Å². The zero-order valence-electron chi connectivity index (χ0n) is 9.24. The molecule has 2 nitrogen and oxygen atoms in total. The van der Waals surface area contributed by atoms with Gasteiger partial charge in [-0.25, -0.2) is 4.79 Å². The number of halogens is 1. The quantitative estimate of drug-likeness (QED) is 0.912. The Balaban J connectivity index is 2.32. The van der Waals surface area contributed by atoms with Crippen LogP contribution in [0, 0.1) is 6.92 Å². The van der Waals surface area contributed by atoms with Crippen LogP contribution in [0.25, 0.3) is 0 Å². The average molecular weight is 267 g/mol. The number of hydrogen-bond donors (Lipinski definition) is 1. The molecule has 17 heavy (non-hydrogen) atoms. The van der Waals surface area contributed by atoms with Crippen LogP contribution in [0.2, 0.25) is 5.02 Å². The van der Waals surface area contributed by atoms with Crippen LogP contribution < -0.4 is 0 Å². The van der Waals surface area contributed by atoms with E-state index in [2.05, 4.69) is 0 Å². The normalized spacial score (nSPS) is 10.5. The second kappa shape index (κ2) is 4.90. The lowest BCUT2D eigenvalue weighted by molar-refractivity contribution is 0.0701. The number of aryl methyl sites for hydroxylation is 1. The zero-order chi connectivity index (χ0) is 12.4. The highest BCUT2D eigenvalue weighted by Gasteiger charge is 2.15. The lowest BCUT2D eigenvalue weighted by Crippen LogP contribution is -1.99. The molecule has 0 fully saturated rings. The Hall–Kier alpha value is -1.32. The molecular weight excluding hydrogens is 256 g/mol. The molecule has 2 rings (SSSR count). The second-order valence-electron chi connectivity index (χ2n) is 3.83. The van der Waals surface area contributed by atoms with Gasteiger partial charge in [-0.2, -0.15) is 0 Å². The highest BCUT2D eigenvalue weighted by Crippen LogP contribution is 2.25. The number of hydrogen-bond acceptors (Lipinski definition) is 2. The minimum absolute atomic E-state index is 0.428. The molecule has 0 bridgehead atoms. The van der Waals surface area contributed by atoms with Gasteiger partial charge in [-0.3, -0.25) is 0 Å². The van der Waals surface area contributed by atoms with E-state index >= 15 is 0 Å². The standard InChI is InChI=1S/C13H11ClO2S/c1-8-7-17-12(13(15)16)11(8)6-9-2-4-10(14)5-3-9/h2-5,7H,6H2,1H3,(H,15,16). The Kier molecular flexibility index (Phi) is 3.50. The van der Waals surface area contributed by atoms with Crippen molar-refractivity contribution in [1.29, 1.82) is 0 Å². The summed E-state index contributed by atoms with van der Waals surface area (Å²) in [6.45, 7) is 1.94. The van der Waals surface area contributed by atoms with Gasteiger partial charge in [0, 0.05) is 5.02 Å². The van der Waals surface area contributed by atoms with Crippen molar-refractivity contribution < 1.29 is 9.90 Å².